The minimum Gasteiger partial charge on any atom is -0.444 e. The number of oxazole rings is 1. The molecule has 1 saturated carbocycles. The Kier molecular flexibility index (Phi) is 3.99. The van der Waals surface area contributed by atoms with E-state index in [4.69, 9.17) is 4.42 Å². The van der Waals surface area contributed by atoms with E-state index in [9.17, 15) is 9.59 Å². The van der Waals surface area contributed by atoms with Crippen LogP contribution in [-0.2, 0) is 20.6 Å². The molecule has 4 rings (SSSR count). The van der Waals surface area contributed by atoms with Crippen molar-refractivity contribution in [1.29, 1.82) is 0 Å². The maximum Gasteiger partial charge on any atom is 0.332 e. The number of aromatic nitrogens is 3. The molecule has 0 spiro atoms. The largest absolute Gasteiger partial charge is 0.444 e. The van der Waals surface area contributed by atoms with Crippen LogP contribution in [-0.4, -0.2) is 33.2 Å². The third kappa shape index (κ3) is 3.13. The van der Waals surface area contributed by atoms with Gasteiger partial charge in [0.15, 0.2) is 5.89 Å². The molecule has 8 nitrogen and oxygen atoms in total. The number of nitrogens with one attached hydrogen (secondary N) is 1. The normalized spacial score (nSPS) is 20.4. The Balaban J connectivity index is 1.39. The van der Waals surface area contributed by atoms with Crippen molar-refractivity contribution in [3.8, 4) is 0 Å². The van der Waals surface area contributed by atoms with Crippen LogP contribution >= 0.6 is 0 Å². The van der Waals surface area contributed by atoms with E-state index in [1.807, 2.05) is 0 Å². The third-order valence-electron chi connectivity index (χ3n) is 5.08. The van der Waals surface area contributed by atoms with Crippen LogP contribution in [0.5, 0.6) is 0 Å². The van der Waals surface area contributed by atoms with E-state index in [1.165, 1.54) is 30.5 Å². The molecule has 25 heavy (non-hydrogen) atoms. The predicted octanol–water partition coefficient (Wildman–Crippen LogP) is 0.318. The Morgan fingerprint density at radius 1 is 1.24 bits per heavy atom. The van der Waals surface area contributed by atoms with Gasteiger partial charge in [0.1, 0.15) is 11.6 Å². The lowest BCUT2D eigenvalue weighted by Gasteiger charge is -2.21. The summed E-state index contributed by atoms with van der Waals surface area (Å²) in [5.41, 5.74) is -0.572. The first kappa shape index (κ1) is 16.1. The summed E-state index contributed by atoms with van der Waals surface area (Å²) in [6.07, 6.45) is 5.12. The molecule has 1 aliphatic heterocycles. The standard InChI is InChI=1S/C17H23N5O3/c1-20-14(7-15(23)21(2)17(20)24)22-6-5-12(10-22)18-8-13-9-19-16(25-13)11-3-4-11/h7,9,11-12,18H,3-6,8,10H2,1-2H3/t12-/m0/s1. The van der Waals surface area contributed by atoms with Gasteiger partial charge in [-0.05, 0) is 19.3 Å². The molecule has 0 amide bonds. The molecule has 134 valence electrons. The fraction of sp³-hybridized carbons (Fsp3) is 0.588. The highest BCUT2D eigenvalue weighted by atomic mass is 16.4. The molecule has 1 atom stereocenters. The molecular weight excluding hydrogens is 322 g/mol. The van der Waals surface area contributed by atoms with E-state index in [1.54, 1.807) is 13.2 Å². The van der Waals surface area contributed by atoms with E-state index in [-0.39, 0.29) is 17.3 Å². The number of anilines is 1. The summed E-state index contributed by atoms with van der Waals surface area (Å²) in [5, 5.41) is 3.48. The van der Waals surface area contributed by atoms with Crippen LogP contribution < -0.4 is 21.5 Å². The molecule has 2 fully saturated rings. The van der Waals surface area contributed by atoms with Crippen LogP contribution in [0.2, 0.25) is 0 Å². The molecule has 2 aromatic heterocycles. The van der Waals surface area contributed by atoms with Crippen LogP contribution in [0.4, 0.5) is 5.82 Å². The Bertz CT molecular complexity index is 892. The Morgan fingerprint density at radius 2 is 2.04 bits per heavy atom. The van der Waals surface area contributed by atoms with Crippen LogP contribution in [0.25, 0.3) is 0 Å². The van der Waals surface area contributed by atoms with E-state index in [2.05, 4.69) is 15.2 Å². The molecule has 0 bridgehead atoms. The smallest absolute Gasteiger partial charge is 0.332 e. The lowest BCUT2D eigenvalue weighted by atomic mass is 10.2. The minimum absolute atomic E-state index is 0.274. The summed E-state index contributed by atoms with van der Waals surface area (Å²) in [6.45, 7) is 2.21. The van der Waals surface area contributed by atoms with Gasteiger partial charge in [-0.3, -0.25) is 13.9 Å². The monoisotopic (exact) mass is 345 g/mol. The van der Waals surface area contributed by atoms with Gasteiger partial charge < -0.3 is 14.6 Å². The summed E-state index contributed by atoms with van der Waals surface area (Å²) in [4.78, 5) is 30.4. The first-order valence-corrected chi connectivity index (χ1v) is 8.73. The van der Waals surface area contributed by atoms with Crippen LogP contribution in [0.3, 0.4) is 0 Å². The molecular formula is C17H23N5O3. The highest BCUT2D eigenvalue weighted by Crippen LogP contribution is 2.39. The van der Waals surface area contributed by atoms with Crippen molar-refractivity contribution < 1.29 is 4.42 Å². The van der Waals surface area contributed by atoms with Crippen molar-refractivity contribution in [2.45, 2.75) is 37.8 Å². The lowest BCUT2D eigenvalue weighted by molar-refractivity contribution is 0.424. The zero-order chi connectivity index (χ0) is 17.6. The van der Waals surface area contributed by atoms with E-state index >= 15 is 0 Å². The van der Waals surface area contributed by atoms with Crippen LogP contribution in [0.1, 0.15) is 36.8 Å². The van der Waals surface area contributed by atoms with Crippen molar-refractivity contribution in [3.05, 3.63) is 44.8 Å². The quantitative estimate of drug-likeness (QED) is 0.840. The molecule has 8 heteroatoms. The fourth-order valence-electron chi connectivity index (χ4n) is 3.33. The van der Waals surface area contributed by atoms with Crippen LogP contribution in [0, 0.1) is 0 Å². The Morgan fingerprint density at radius 3 is 2.80 bits per heavy atom. The van der Waals surface area contributed by atoms with Gasteiger partial charge in [-0.1, -0.05) is 0 Å². The molecule has 2 aromatic rings. The SMILES string of the molecule is Cn1c(N2CC[C@H](NCc3cnc(C4CC4)o3)C2)cc(=O)n(C)c1=O. The topological polar surface area (TPSA) is 85.3 Å². The van der Waals surface area contributed by atoms with Gasteiger partial charge in [-0.15, -0.1) is 0 Å². The summed E-state index contributed by atoms with van der Waals surface area (Å²) in [6, 6.07) is 1.82. The second-order valence-corrected chi connectivity index (χ2v) is 6.99. The number of nitrogens with zero attached hydrogens (tertiary/aromatic N) is 4. The summed E-state index contributed by atoms with van der Waals surface area (Å²) in [7, 11) is 3.20. The maximum atomic E-state index is 12.1. The van der Waals surface area contributed by atoms with Gasteiger partial charge in [-0.2, -0.15) is 0 Å². The second-order valence-electron chi connectivity index (χ2n) is 6.99. The van der Waals surface area contributed by atoms with E-state index in [0.29, 0.717) is 18.3 Å². The molecule has 3 heterocycles. The number of hydrogen-bond donors (Lipinski definition) is 1. The van der Waals surface area contributed by atoms with Gasteiger partial charge in [0.05, 0.1) is 12.7 Å². The van der Waals surface area contributed by atoms with Crippen molar-refractivity contribution in [2.75, 3.05) is 18.0 Å². The molecule has 1 aliphatic carbocycles. The molecule has 1 N–H and O–H groups in total. The Labute approximate surface area is 145 Å². The first-order valence-electron chi connectivity index (χ1n) is 8.73. The van der Waals surface area contributed by atoms with Crippen LogP contribution in [0.15, 0.2) is 26.3 Å². The summed E-state index contributed by atoms with van der Waals surface area (Å²) in [5.74, 6) is 2.92. The first-order chi connectivity index (χ1) is 12.0. The van der Waals surface area contributed by atoms with E-state index < -0.39 is 0 Å². The van der Waals surface area contributed by atoms with Crippen molar-refractivity contribution >= 4 is 5.82 Å². The number of hydrogen-bond acceptors (Lipinski definition) is 6. The van der Waals surface area contributed by atoms with Gasteiger partial charge >= 0.3 is 5.69 Å². The minimum atomic E-state index is -0.298. The molecule has 2 aliphatic rings. The summed E-state index contributed by atoms with van der Waals surface area (Å²) < 4.78 is 8.42. The third-order valence-corrected chi connectivity index (χ3v) is 5.08. The Hall–Kier alpha value is -2.35. The highest BCUT2D eigenvalue weighted by molar-refractivity contribution is 5.40. The van der Waals surface area contributed by atoms with Crippen molar-refractivity contribution in [1.82, 2.24) is 19.4 Å². The van der Waals surface area contributed by atoms with Crippen molar-refractivity contribution in [2.24, 2.45) is 14.1 Å². The predicted molar refractivity (Wildman–Crippen MR) is 92.9 cm³/mol. The molecule has 0 unspecified atom stereocenters. The highest BCUT2D eigenvalue weighted by Gasteiger charge is 2.29. The van der Waals surface area contributed by atoms with Gasteiger partial charge in [0.2, 0.25) is 0 Å². The van der Waals surface area contributed by atoms with Gasteiger partial charge in [-0.25, -0.2) is 9.78 Å². The van der Waals surface area contributed by atoms with Crippen molar-refractivity contribution in [3.63, 3.8) is 0 Å². The zero-order valence-electron chi connectivity index (χ0n) is 14.6. The maximum absolute atomic E-state index is 12.1. The lowest BCUT2D eigenvalue weighted by Crippen LogP contribution is -2.40. The number of rotatable bonds is 5. The second kappa shape index (κ2) is 6.18. The average Bonchev–Trinajstić information content (AvgIpc) is 3.16. The van der Waals surface area contributed by atoms with Gasteiger partial charge in [0.25, 0.3) is 5.56 Å². The molecule has 0 aromatic carbocycles. The van der Waals surface area contributed by atoms with Gasteiger partial charge in [0, 0.05) is 45.2 Å². The molecule has 1 saturated heterocycles. The van der Waals surface area contributed by atoms with E-state index in [0.717, 1.165) is 35.7 Å². The zero-order valence-corrected chi connectivity index (χ0v) is 14.6. The summed E-state index contributed by atoms with van der Waals surface area (Å²) >= 11 is 0. The average molecular weight is 345 g/mol. The fourth-order valence-corrected chi connectivity index (χ4v) is 3.33. The molecule has 0 radical (unpaired) electrons.